The summed E-state index contributed by atoms with van der Waals surface area (Å²) in [5.41, 5.74) is 6.48. The molecule has 0 unspecified atom stereocenters. The van der Waals surface area contributed by atoms with E-state index in [4.69, 9.17) is 27.4 Å². The zero-order valence-corrected chi connectivity index (χ0v) is 13.4. The molecule has 4 nitrogen and oxygen atoms in total. The standard InChI is InChI=1S/C16H24N2O2S/c1-18(8-10-19-12-13-6-7-13)9-11-20-15-5-3-2-4-14(15)16(17)21/h2-5,13H,6-12H2,1H3,(H2,17,21). The van der Waals surface area contributed by atoms with Gasteiger partial charge < -0.3 is 20.1 Å². The average molecular weight is 308 g/mol. The van der Waals surface area contributed by atoms with Gasteiger partial charge in [0.05, 0.1) is 12.2 Å². The Labute approximate surface area is 132 Å². The third kappa shape index (κ3) is 5.99. The molecule has 0 aliphatic heterocycles. The smallest absolute Gasteiger partial charge is 0.129 e. The number of likely N-dealkylation sites (N-methyl/N-ethyl adjacent to an activating group) is 1. The van der Waals surface area contributed by atoms with Crippen molar-refractivity contribution in [2.24, 2.45) is 11.7 Å². The Bertz CT molecular complexity index is 463. The number of para-hydroxylation sites is 1. The molecular weight excluding hydrogens is 284 g/mol. The summed E-state index contributed by atoms with van der Waals surface area (Å²) in [5.74, 6) is 1.58. The van der Waals surface area contributed by atoms with Crippen LogP contribution < -0.4 is 10.5 Å². The van der Waals surface area contributed by atoms with E-state index >= 15 is 0 Å². The van der Waals surface area contributed by atoms with Gasteiger partial charge in [0.2, 0.25) is 0 Å². The van der Waals surface area contributed by atoms with Gasteiger partial charge in [-0.05, 0) is 37.9 Å². The molecule has 2 N–H and O–H groups in total. The summed E-state index contributed by atoms with van der Waals surface area (Å²) < 4.78 is 11.4. The van der Waals surface area contributed by atoms with Crippen LogP contribution in [0.15, 0.2) is 24.3 Å². The molecule has 1 fully saturated rings. The average Bonchev–Trinajstić information content (AvgIpc) is 3.28. The van der Waals surface area contributed by atoms with Crippen LogP contribution in [0.25, 0.3) is 0 Å². The van der Waals surface area contributed by atoms with Gasteiger partial charge in [-0.3, -0.25) is 0 Å². The van der Waals surface area contributed by atoms with Gasteiger partial charge in [-0.25, -0.2) is 0 Å². The van der Waals surface area contributed by atoms with E-state index in [0.29, 0.717) is 11.6 Å². The van der Waals surface area contributed by atoms with Crippen LogP contribution in [-0.4, -0.2) is 49.8 Å². The predicted molar refractivity (Wildman–Crippen MR) is 88.9 cm³/mol. The Balaban J connectivity index is 1.62. The summed E-state index contributed by atoms with van der Waals surface area (Å²) >= 11 is 5.02. The Kier molecular flexibility index (Phi) is 6.42. The summed E-state index contributed by atoms with van der Waals surface area (Å²) in [6, 6.07) is 7.61. The van der Waals surface area contributed by atoms with Crippen LogP contribution in [0.4, 0.5) is 0 Å². The first-order chi connectivity index (χ1) is 10.2. The first-order valence-electron chi connectivity index (χ1n) is 7.44. The van der Waals surface area contributed by atoms with E-state index in [1.165, 1.54) is 12.8 Å². The van der Waals surface area contributed by atoms with E-state index in [1.54, 1.807) is 0 Å². The van der Waals surface area contributed by atoms with Gasteiger partial charge in [-0.1, -0.05) is 24.4 Å². The Morgan fingerprint density at radius 2 is 2.00 bits per heavy atom. The van der Waals surface area contributed by atoms with Crippen molar-refractivity contribution in [1.29, 1.82) is 0 Å². The molecular formula is C16H24N2O2S. The molecule has 21 heavy (non-hydrogen) atoms. The monoisotopic (exact) mass is 308 g/mol. The normalized spacial score (nSPS) is 14.4. The molecule has 5 heteroatoms. The molecule has 1 aliphatic rings. The molecule has 1 saturated carbocycles. The van der Waals surface area contributed by atoms with Crippen molar-refractivity contribution in [3.8, 4) is 5.75 Å². The molecule has 0 bridgehead atoms. The molecule has 0 aromatic heterocycles. The molecule has 0 spiro atoms. The van der Waals surface area contributed by atoms with Gasteiger partial charge in [-0.2, -0.15) is 0 Å². The van der Waals surface area contributed by atoms with Crippen molar-refractivity contribution in [3.63, 3.8) is 0 Å². The molecule has 116 valence electrons. The maximum Gasteiger partial charge on any atom is 0.129 e. The van der Waals surface area contributed by atoms with Gasteiger partial charge in [0, 0.05) is 19.7 Å². The lowest BCUT2D eigenvalue weighted by Crippen LogP contribution is -2.28. The number of nitrogens with zero attached hydrogens (tertiary/aromatic N) is 1. The lowest BCUT2D eigenvalue weighted by Gasteiger charge is -2.17. The quantitative estimate of drug-likeness (QED) is 0.529. The van der Waals surface area contributed by atoms with E-state index in [-0.39, 0.29) is 0 Å². The Hall–Kier alpha value is -1.17. The molecule has 0 heterocycles. The second kappa shape index (κ2) is 8.32. The molecule has 0 amide bonds. The van der Waals surface area contributed by atoms with Crippen LogP contribution in [0.3, 0.4) is 0 Å². The van der Waals surface area contributed by atoms with Gasteiger partial charge in [0.25, 0.3) is 0 Å². The summed E-state index contributed by atoms with van der Waals surface area (Å²) in [4.78, 5) is 2.57. The van der Waals surface area contributed by atoms with Crippen molar-refractivity contribution in [2.75, 3.05) is 40.0 Å². The number of ether oxygens (including phenoxy) is 2. The summed E-state index contributed by atoms with van der Waals surface area (Å²) in [6.07, 6.45) is 2.68. The van der Waals surface area contributed by atoms with Crippen LogP contribution in [0.2, 0.25) is 0 Å². The number of benzene rings is 1. The van der Waals surface area contributed by atoms with E-state index in [9.17, 15) is 0 Å². The fourth-order valence-electron chi connectivity index (χ4n) is 1.97. The molecule has 2 rings (SSSR count). The number of rotatable bonds is 10. The Morgan fingerprint density at radius 3 is 2.71 bits per heavy atom. The highest BCUT2D eigenvalue weighted by Gasteiger charge is 2.20. The molecule has 1 aliphatic carbocycles. The van der Waals surface area contributed by atoms with Gasteiger partial charge >= 0.3 is 0 Å². The number of hydrogen-bond donors (Lipinski definition) is 1. The predicted octanol–water partition coefficient (Wildman–Crippen LogP) is 2.06. The lowest BCUT2D eigenvalue weighted by molar-refractivity contribution is 0.0992. The molecule has 0 radical (unpaired) electrons. The summed E-state index contributed by atoms with van der Waals surface area (Å²) in [6.45, 7) is 4.09. The zero-order valence-electron chi connectivity index (χ0n) is 12.6. The lowest BCUT2D eigenvalue weighted by atomic mass is 10.2. The second-order valence-corrected chi connectivity index (χ2v) is 5.97. The van der Waals surface area contributed by atoms with E-state index < -0.39 is 0 Å². The summed E-state index contributed by atoms with van der Waals surface area (Å²) in [7, 11) is 2.07. The first-order valence-corrected chi connectivity index (χ1v) is 7.85. The van der Waals surface area contributed by atoms with Crippen LogP contribution in [0.5, 0.6) is 5.75 Å². The van der Waals surface area contributed by atoms with Crippen LogP contribution >= 0.6 is 12.2 Å². The molecule has 1 aromatic rings. The second-order valence-electron chi connectivity index (χ2n) is 5.53. The van der Waals surface area contributed by atoms with Crippen molar-refractivity contribution in [1.82, 2.24) is 4.90 Å². The third-order valence-electron chi connectivity index (χ3n) is 3.55. The highest BCUT2D eigenvalue weighted by molar-refractivity contribution is 7.80. The van der Waals surface area contributed by atoms with E-state index in [2.05, 4.69) is 11.9 Å². The fraction of sp³-hybridized carbons (Fsp3) is 0.562. The fourth-order valence-corrected chi connectivity index (χ4v) is 2.14. The molecule has 0 saturated heterocycles. The van der Waals surface area contributed by atoms with Crippen LogP contribution in [-0.2, 0) is 4.74 Å². The van der Waals surface area contributed by atoms with Crippen molar-refractivity contribution < 1.29 is 9.47 Å². The largest absolute Gasteiger partial charge is 0.492 e. The van der Waals surface area contributed by atoms with E-state index in [1.807, 2.05) is 24.3 Å². The maximum absolute atomic E-state index is 5.77. The number of nitrogens with two attached hydrogens (primary N) is 1. The summed E-state index contributed by atoms with van der Waals surface area (Å²) in [5, 5.41) is 0. The highest BCUT2D eigenvalue weighted by atomic mass is 32.1. The molecule has 0 atom stereocenters. The van der Waals surface area contributed by atoms with Crippen LogP contribution in [0.1, 0.15) is 18.4 Å². The zero-order chi connectivity index (χ0) is 15.1. The molecule has 1 aromatic carbocycles. The topological polar surface area (TPSA) is 47.7 Å². The van der Waals surface area contributed by atoms with Crippen molar-refractivity contribution >= 4 is 17.2 Å². The minimum Gasteiger partial charge on any atom is -0.492 e. The van der Waals surface area contributed by atoms with Crippen molar-refractivity contribution in [3.05, 3.63) is 29.8 Å². The minimum absolute atomic E-state index is 0.368. The SMILES string of the molecule is CN(CCOCC1CC1)CCOc1ccccc1C(N)=S. The highest BCUT2D eigenvalue weighted by Crippen LogP contribution is 2.28. The van der Waals surface area contributed by atoms with Gasteiger partial charge in [0.1, 0.15) is 17.3 Å². The first kappa shape index (κ1) is 16.2. The van der Waals surface area contributed by atoms with Gasteiger partial charge in [-0.15, -0.1) is 0 Å². The number of thiocarbonyl (C=S) groups is 1. The van der Waals surface area contributed by atoms with Crippen LogP contribution in [0, 0.1) is 5.92 Å². The van der Waals surface area contributed by atoms with E-state index in [0.717, 1.165) is 43.5 Å². The van der Waals surface area contributed by atoms with Gasteiger partial charge in [0.15, 0.2) is 0 Å². The minimum atomic E-state index is 0.368. The Morgan fingerprint density at radius 1 is 1.29 bits per heavy atom. The third-order valence-corrected chi connectivity index (χ3v) is 3.77. The van der Waals surface area contributed by atoms with Crippen molar-refractivity contribution in [2.45, 2.75) is 12.8 Å². The maximum atomic E-state index is 5.77. The number of hydrogen-bond acceptors (Lipinski definition) is 4.